The molecule has 0 bridgehead atoms. The first-order valence-electron chi connectivity index (χ1n) is 5.20. The van der Waals surface area contributed by atoms with Crippen molar-refractivity contribution in [2.45, 2.75) is 39.2 Å². The zero-order valence-corrected chi connectivity index (χ0v) is 10.0. The van der Waals surface area contributed by atoms with Crippen molar-refractivity contribution in [3.05, 3.63) is 0 Å². The lowest BCUT2D eigenvalue weighted by Crippen LogP contribution is -2.33. The topological polar surface area (TPSA) is 90.7 Å². The molecule has 2 amide bonds. The predicted octanol–water partition coefficient (Wildman–Crippen LogP) is 1.39. The number of carbonyl (C=O) groups is 2. The van der Waals surface area contributed by atoms with Crippen LogP contribution in [0.1, 0.15) is 33.6 Å². The summed E-state index contributed by atoms with van der Waals surface area (Å²) < 4.78 is 9.55. The highest BCUT2D eigenvalue weighted by Crippen LogP contribution is 2.06. The van der Waals surface area contributed by atoms with E-state index in [-0.39, 0.29) is 6.61 Å². The summed E-state index contributed by atoms with van der Waals surface area (Å²) in [4.78, 5) is 21.4. The van der Waals surface area contributed by atoms with Gasteiger partial charge in [0.15, 0.2) is 0 Å². The molecular formula is C10H20N2O4. The van der Waals surface area contributed by atoms with E-state index >= 15 is 0 Å². The molecule has 0 aromatic carbocycles. The predicted molar refractivity (Wildman–Crippen MR) is 59.0 cm³/mol. The van der Waals surface area contributed by atoms with Crippen molar-refractivity contribution in [3.63, 3.8) is 0 Å². The number of unbranched alkanes of at least 4 members (excludes halogenated alkanes) is 1. The number of nitrogens with one attached hydrogen (secondary N) is 1. The van der Waals surface area contributed by atoms with Gasteiger partial charge in [0.25, 0.3) is 0 Å². The molecule has 6 nitrogen and oxygen atoms in total. The molecule has 3 N–H and O–H groups in total. The summed E-state index contributed by atoms with van der Waals surface area (Å²) in [6, 6.07) is 0. The zero-order chi connectivity index (χ0) is 12.6. The largest absolute Gasteiger partial charge is 0.450 e. The molecule has 0 heterocycles. The lowest BCUT2D eigenvalue weighted by Gasteiger charge is -2.19. The van der Waals surface area contributed by atoms with Crippen LogP contribution in [0, 0.1) is 0 Å². The van der Waals surface area contributed by atoms with E-state index in [4.69, 9.17) is 10.5 Å². The Labute approximate surface area is 95.5 Å². The summed E-state index contributed by atoms with van der Waals surface area (Å²) >= 11 is 0. The van der Waals surface area contributed by atoms with E-state index in [1.165, 1.54) is 0 Å². The maximum Gasteiger partial charge on any atom is 0.407 e. The summed E-state index contributed by atoms with van der Waals surface area (Å²) in [5, 5.41) is 2.59. The van der Waals surface area contributed by atoms with Gasteiger partial charge < -0.3 is 20.5 Å². The van der Waals surface area contributed by atoms with Crippen molar-refractivity contribution < 1.29 is 19.1 Å². The standard InChI is InChI=1S/C10H20N2O4/c1-10(2,3)16-9(14)12-6-4-5-7-15-8(11)13/h4-7H2,1-3H3,(H2,11,13)(H,12,14). The number of hydrogen-bond donors (Lipinski definition) is 2. The fourth-order valence-electron chi connectivity index (χ4n) is 0.904. The molecule has 0 radical (unpaired) electrons. The Morgan fingerprint density at radius 1 is 1.25 bits per heavy atom. The molecule has 0 fully saturated rings. The van der Waals surface area contributed by atoms with Crippen LogP contribution in [0.4, 0.5) is 9.59 Å². The first-order valence-corrected chi connectivity index (χ1v) is 5.20. The summed E-state index contributed by atoms with van der Waals surface area (Å²) in [5.41, 5.74) is 4.29. The third kappa shape index (κ3) is 10.6. The molecule has 0 atom stereocenters. The Morgan fingerprint density at radius 3 is 2.38 bits per heavy atom. The quantitative estimate of drug-likeness (QED) is 0.701. The van der Waals surface area contributed by atoms with Gasteiger partial charge in [-0.2, -0.15) is 0 Å². The van der Waals surface area contributed by atoms with Gasteiger partial charge in [-0.3, -0.25) is 0 Å². The van der Waals surface area contributed by atoms with Crippen LogP contribution in [0.2, 0.25) is 0 Å². The van der Waals surface area contributed by atoms with Crippen LogP contribution in [-0.2, 0) is 9.47 Å². The molecule has 0 spiro atoms. The van der Waals surface area contributed by atoms with Crippen molar-refractivity contribution in [2.24, 2.45) is 5.73 Å². The SMILES string of the molecule is CC(C)(C)OC(=O)NCCCCOC(N)=O. The number of nitrogens with two attached hydrogens (primary N) is 1. The molecule has 0 aliphatic carbocycles. The first kappa shape index (κ1) is 14.5. The van der Waals surface area contributed by atoms with Crippen LogP contribution in [-0.4, -0.2) is 30.9 Å². The highest BCUT2D eigenvalue weighted by atomic mass is 16.6. The van der Waals surface area contributed by atoms with Gasteiger partial charge in [-0.15, -0.1) is 0 Å². The number of alkyl carbamates (subject to hydrolysis) is 1. The Balaban J connectivity index is 3.38. The third-order valence-corrected chi connectivity index (χ3v) is 1.48. The van der Waals surface area contributed by atoms with Crippen LogP contribution in [0.5, 0.6) is 0 Å². The second-order valence-corrected chi connectivity index (χ2v) is 4.30. The Bertz CT molecular complexity index is 235. The number of ether oxygens (including phenoxy) is 2. The van der Waals surface area contributed by atoms with Crippen LogP contribution in [0.15, 0.2) is 0 Å². The Morgan fingerprint density at radius 2 is 1.88 bits per heavy atom. The molecule has 0 saturated heterocycles. The number of primary amides is 1. The van der Waals surface area contributed by atoms with E-state index in [9.17, 15) is 9.59 Å². The summed E-state index contributed by atoms with van der Waals surface area (Å²) in [7, 11) is 0. The monoisotopic (exact) mass is 232 g/mol. The molecule has 0 unspecified atom stereocenters. The van der Waals surface area contributed by atoms with Gasteiger partial charge >= 0.3 is 12.2 Å². The number of carbonyl (C=O) groups excluding carboxylic acids is 2. The molecule has 0 aromatic rings. The van der Waals surface area contributed by atoms with Gasteiger partial charge in [0, 0.05) is 6.54 Å². The van der Waals surface area contributed by atoms with Crippen molar-refractivity contribution in [3.8, 4) is 0 Å². The molecule has 16 heavy (non-hydrogen) atoms. The third-order valence-electron chi connectivity index (χ3n) is 1.48. The van der Waals surface area contributed by atoms with E-state index in [0.29, 0.717) is 19.4 Å². The zero-order valence-electron chi connectivity index (χ0n) is 10.0. The summed E-state index contributed by atoms with van der Waals surface area (Å²) in [6.45, 7) is 6.15. The average molecular weight is 232 g/mol. The molecule has 0 aliphatic rings. The molecule has 0 aliphatic heterocycles. The van der Waals surface area contributed by atoms with Gasteiger partial charge in [0.1, 0.15) is 5.60 Å². The molecule has 0 saturated carbocycles. The average Bonchev–Trinajstić information content (AvgIpc) is 2.07. The van der Waals surface area contributed by atoms with Crippen molar-refractivity contribution >= 4 is 12.2 Å². The highest BCUT2D eigenvalue weighted by Gasteiger charge is 2.15. The van der Waals surface area contributed by atoms with Gasteiger partial charge in [-0.1, -0.05) is 0 Å². The van der Waals surface area contributed by atoms with E-state index in [2.05, 4.69) is 10.1 Å². The van der Waals surface area contributed by atoms with Crippen molar-refractivity contribution in [2.75, 3.05) is 13.2 Å². The van der Waals surface area contributed by atoms with Gasteiger partial charge in [0.05, 0.1) is 6.61 Å². The van der Waals surface area contributed by atoms with Gasteiger partial charge in [-0.25, -0.2) is 9.59 Å². The van der Waals surface area contributed by atoms with Gasteiger partial charge in [-0.05, 0) is 33.6 Å². The highest BCUT2D eigenvalue weighted by molar-refractivity contribution is 5.67. The van der Waals surface area contributed by atoms with Gasteiger partial charge in [0.2, 0.25) is 0 Å². The smallest absolute Gasteiger partial charge is 0.407 e. The Hall–Kier alpha value is -1.46. The van der Waals surface area contributed by atoms with Crippen LogP contribution in [0.3, 0.4) is 0 Å². The molecular weight excluding hydrogens is 212 g/mol. The number of hydrogen-bond acceptors (Lipinski definition) is 4. The maximum absolute atomic E-state index is 11.2. The second-order valence-electron chi connectivity index (χ2n) is 4.30. The first-order chi connectivity index (χ1) is 7.31. The van der Waals surface area contributed by atoms with E-state index in [1.807, 2.05) is 0 Å². The molecule has 0 aromatic heterocycles. The molecule has 94 valence electrons. The Kier molecular flexibility index (Phi) is 6.29. The van der Waals surface area contributed by atoms with E-state index < -0.39 is 17.8 Å². The minimum Gasteiger partial charge on any atom is -0.450 e. The summed E-state index contributed by atoms with van der Waals surface area (Å²) in [6.07, 6.45) is 0.133. The number of rotatable bonds is 5. The molecule has 0 rings (SSSR count). The lowest BCUT2D eigenvalue weighted by molar-refractivity contribution is 0.0525. The van der Waals surface area contributed by atoms with E-state index in [1.54, 1.807) is 20.8 Å². The maximum atomic E-state index is 11.2. The number of amides is 2. The fourth-order valence-corrected chi connectivity index (χ4v) is 0.904. The lowest BCUT2D eigenvalue weighted by atomic mass is 10.2. The van der Waals surface area contributed by atoms with E-state index in [0.717, 1.165) is 0 Å². The van der Waals surface area contributed by atoms with Crippen molar-refractivity contribution in [1.29, 1.82) is 0 Å². The van der Waals surface area contributed by atoms with Crippen LogP contribution < -0.4 is 11.1 Å². The second kappa shape index (κ2) is 6.92. The molecule has 6 heteroatoms. The van der Waals surface area contributed by atoms with Crippen LogP contribution >= 0.6 is 0 Å². The summed E-state index contributed by atoms with van der Waals surface area (Å²) in [5.74, 6) is 0. The van der Waals surface area contributed by atoms with Crippen LogP contribution in [0.25, 0.3) is 0 Å². The normalized spacial score (nSPS) is 10.7. The minimum absolute atomic E-state index is 0.269. The fraction of sp³-hybridized carbons (Fsp3) is 0.800. The van der Waals surface area contributed by atoms with Crippen molar-refractivity contribution in [1.82, 2.24) is 5.32 Å². The minimum atomic E-state index is -0.778.